The van der Waals surface area contributed by atoms with E-state index >= 15 is 0 Å². The largest absolute Gasteiger partial charge is 0.462 e. The van der Waals surface area contributed by atoms with Crippen molar-refractivity contribution in [2.45, 2.75) is 82.1 Å². The van der Waals surface area contributed by atoms with E-state index in [1.807, 2.05) is 0 Å². The van der Waals surface area contributed by atoms with Gasteiger partial charge in [-0.15, -0.1) is 0 Å². The average Bonchev–Trinajstić information content (AvgIpc) is 2.42. The van der Waals surface area contributed by atoms with Crippen LogP contribution in [0.25, 0.3) is 0 Å². The first-order valence-corrected chi connectivity index (χ1v) is 8.95. The predicted molar refractivity (Wildman–Crippen MR) is 81.4 cm³/mol. The topological polar surface area (TPSA) is 26.3 Å². The van der Waals surface area contributed by atoms with Crippen LogP contribution in [0.5, 0.6) is 0 Å². The Labute approximate surface area is 125 Å². The minimum atomic E-state index is 0.0907. The Morgan fingerprint density at radius 2 is 1.68 bits per heavy atom. The molecule has 0 N–H and O–H groups in total. The van der Waals surface area contributed by atoms with Gasteiger partial charge in [-0.1, -0.05) is 35.7 Å². The van der Waals surface area contributed by atoms with E-state index in [0.717, 1.165) is 44.4 Å². The zero-order valence-corrected chi connectivity index (χ0v) is 13.7. The van der Waals surface area contributed by atoms with Crippen molar-refractivity contribution in [3.8, 4) is 0 Å². The minimum absolute atomic E-state index is 0.0907. The highest BCUT2D eigenvalue weighted by Crippen LogP contribution is 2.33. The van der Waals surface area contributed by atoms with Crippen LogP contribution in [0.15, 0.2) is 0 Å². The summed E-state index contributed by atoms with van der Waals surface area (Å²) in [4.78, 5) is 12.8. The van der Waals surface area contributed by atoms with Gasteiger partial charge >= 0.3 is 5.97 Å². The van der Waals surface area contributed by atoms with E-state index in [0.29, 0.717) is 4.83 Å². The van der Waals surface area contributed by atoms with Crippen LogP contribution in [0.3, 0.4) is 0 Å². The van der Waals surface area contributed by atoms with E-state index in [9.17, 15) is 4.79 Å². The van der Waals surface area contributed by atoms with Gasteiger partial charge in [-0.25, -0.2) is 0 Å². The van der Waals surface area contributed by atoms with Crippen molar-refractivity contribution in [1.82, 2.24) is 0 Å². The van der Waals surface area contributed by atoms with Gasteiger partial charge < -0.3 is 4.74 Å². The highest BCUT2D eigenvalue weighted by molar-refractivity contribution is 9.09. The van der Waals surface area contributed by atoms with Crippen molar-refractivity contribution in [3.05, 3.63) is 0 Å². The van der Waals surface area contributed by atoms with Gasteiger partial charge in [0.25, 0.3) is 0 Å². The molecule has 0 saturated heterocycles. The van der Waals surface area contributed by atoms with Crippen LogP contribution in [0.4, 0.5) is 0 Å². The molecule has 0 aromatic rings. The molecule has 2 fully saturated rings. The summed E-state index contributed by atoms with van der Waals surface area (Å²) in [5, 5.41) is 0. The van der Waals surface area contributed by atoms with Crippen LogP contribution >= 0.6 is 15.9 Å². The first-order chi connectivity index (χ1) is 9.19. The lowest BCUT2D eigenvalue weighted by Crippen LogP contribution is -2.30. The van der Waals surface area contributed by atoms with Crippen LogP contribution in [0, 0.1) is 11.8 Å². The molecule has 0 aliphatic heterocycles. The Morgan fingerprint density at radius 1 is 1.05 bits per heavy atom. The Bertz CT molecular complexity index is 276. The van der Waals surface area contributed by atoms with Crippen molar-refractivity contribution in [2.75, 3.05) is 0 Å². The monoisotopic (exact) mass is 330 g/mol. The zero-order valence-electron chi connectivity index (χ0n) is 12.1. The fourth-order valence-corrected chi connectivity index (χ4v) is 4.02. The van der Waals surface area contributed by atoms with Crippen LogP contribution in [0.2, 0.25) is 0 Å². The Hall–Kier alpha value is -0.0500. The molecule has 110 valence electrons. The summed E-state index contributed by atoms with van der Waals surface area (Å²) in [7, 11) is 0. The molecule has 0 atom stereocenters. The normalized spacial score (nSPS) is 35.9. The predicted octanol–water partition coefficient (Wildman–Crippen LogP) is 4.84. The third kappa shape index (κ3) is 4.77. The molecular formula is C16H27BrO2. The van der Waals surface area contributed by atoms with Crippen molar-refractivity contribution in [1.29, 1.82) is 0 Å². The molecule has 0 bridgehead atoms. The summed E-state index contributed by atoms with van der Waals surface area (Å²) in [6.45, 7) is 2.25. The van der Waals surface area contributed by atoms with E-state index < -0.39 is 0 Å². The molecule has 2 aliphatic carbocycles. The maximum atomic E-state index is 12.2. The van der Waals surface area contributed by atoms with Gasteiger partial charge in [0.15, 0.2) is 0 Å². The number of hydrogen-bond donors (Lipinski definition) is 0. The summed E-state index contributed by atoms with van der Waals surface area (Å²) >= 11 is 3.64. The first-order valence-electron chi connectivity index (χ1n) is 8.03. The van der Waals surface area contributed by atoms with Crippen LogP contribution in [-0.4, -0.2) is 16.9 Å². The van der Waals surface area contributed by atoms with Crippen LogP contribution < -0.4 is 0 Å². The number of ether oxygens (including phenoxy) is 1. The van der Waals surface area contributed by atoms with E-state index in [2.05, 4.69) is 22.9 Å². The SMILES string of the molecule is CCCC1CCC(C(=O)OC2CCC(Br)CC2)CC1. The Balaban J connectivity index is 1.69. The molecule has 2 nitrogen and oxygen atoms in total. The molecule has 3 heteroatoms. The number of hydrogen-bond acceptors (Lipinski definition) is 2. The molecule has 0 aromatic heterocycles. The number of alkyl halides is 1. The third-order valence-electron chi connectivity index (χ3n) is 4.76. The lowest BCUT2D eigenvalue weighted by Gasteiger charge is -2.30. The molecule has 2 rings (SSSR count). The smallest absolute Gasteiger partial charge is 0.309 e. The highest BCUT2D eigenvalue weighted by atomic mass is 79.9. The minimum Gasteiger partial charge on any atom is -0.462 e. The molecule has 0 unspecified atom stereocenters. The molecular weight excluding hydrogens is 304 g/mol. The van der Waals surface area contributed by atoms with Crippen LogP contribution in [0.1, 0.15) is 71.1 Å². The second-order valence-electron chi connectivity index (χ2n) is 6.32. The molecule has 0 heterocycles. The summed E-state index contributed by atoms with van der Waals surface area (Å²) in [6.07, 6.45) is 11.7. The van der Waals surface area contributed by atoms with Gasteiger partial charge in [0.2, 0.25) is 0 Å². The second kappa shape index (κ2) is 7.66. The molecule has 19 heavy (non-hydrogen) atoms. The third-order valence-corrected chi connectivity index (χ3v) is 5.68. The molecule has 2 saturated carbocycles. The van der Waals surface area contributed by atoms with Gasteiger partial charge in [-0.2, -0.15) is 0 Å². The number of rotatable bonds is 4. The second-order valence-corrected chi connectivity index (χ2v) is 7.61. The van der Waals surface area contributed by atoms with E-state index in [1.54, 1.807) is 0 Å². The summed E-state index contributed by atoms with van der Waals surface area (Å²) in [5.74, 6) is 1.14. The Morgan fingerprint density at radius 3 is 2.26 bits per heavy atom. The number of esters is 1. The fraction of sp³-hybridized carbons (Fsp3) is 0.938. The highest BCUT2D eigenvalue weighted by Gasteiger charge is 2.29. The zero-order chi connectivity index (χ0) is 13.7. The van der Waals surface area contributed by atoms with Crippen molar-refractivity contribution >= 4 is 21.9 Å². The first kappa shape index (κ1) is 15.3. The summed E-state index contributed by atoms with van der Waals surface area (Å²) in [5.41, 5.74) is 0. The van der Waals surface area contributed by atoms with Crippen molar-refractivity contribution in [2.24, 2.45) is 11.8 Å². The van der Waals surface area contributed by atoms with Gasteiger partial charge in [-0.3, -0.25) is 4.79 Å². The van der Waals surface area contributed by atoms with E-state index in [1.165, 1.54) is 25.7 Å². The van der Waals surface area contributed by atoms with Crippen LogP contribution in [-0.2, 0) is 9.53 Å². The number of halogens is 1. The Kier molecular flexibility index (Phi) is 6.18. The fourth-order valence-electron chi connectivity index (χ4n) is 3.50. The number of carbonyl (C=O) groups is 1. The van der Waals surface area contributed by atoms with Gasteiger partial charge in [0.1, 0.15) is 6.10 Å². The van der Waals surface area contributed by atoms with E-state index in [4.69, 9.17) is 4.74 Å². The average molecular weight is 331 g/mol. The number of carbonyl (C=O) groups excluding carboxylic acids is 1. The van der Waals surface area contributed by atoms with Crippen molar-refractivity contribution < 1.29 is 9.53 Å². The molecule has 0 radical (unpaired) electrons. The van der Waals surface area contributed by atoms with Gasteiger partial charge in [-0.05, 0) is 57.3 Å². The summed E-state index contributed by atoms with van der Waals surface area (Å²) in [6, 6.07) is 0. The summed E-state index contributed by atoms with van der Waals surface area (Å²) < 4.78 is 5.71. The lowest BCUT2D eigenvalue weighted by molar-refractivity contribution is -0.156. The standard InChI is InChI=1S/C16H27BrO2/c1-2-3-12-4-6-13(7-5-12)16(18)19-15-10-8-14(17)9-11-15/h12-15H,2-11H2,1H3. The molecule has 2 aliphatic rings. The maximum Gasteiger partial charge on any atom is 0.309 e. The van der Waals surface area contributed by atoms with Crippen molar-refractivity contribution in [3.63, 3.8) is 0 Å². The molecule has 0 aromatic carbocycles. The lowest BCUT2D eigenvalue weighted by atomic mass is 9.80. The van der Waals surface area contributed by atoms with E-state index in [-0.39, 0.29) is 18.0 Å². The quantitative estimate of drug-likeness (QED) is 0.544. The van der Waals surface area contributed by atoms with Gasteiger partial charge in [0.05, 0.1) is 5.92 Å². The molecule has 0 spiro atoms. The van der Waals surface area contributed by atoms with Gasteiger partial charge in [0, 0.05) is 4.83 Å². The molecule has 0 amide bonds. The maximum absolute atomic E-state index is 12.2.